The van der Waals surface area contributed by atoms with Gasteiger partial charge in [-0.3, -0.25) is 9.59 Å². The number of nitrogens with zero attached hydrogens (tertiary/aromatic N) is 2. The molecule has 0 saturated carbocycles. The van der Waals surface area contributed by atoms with E-state index in [1.165, 1.54) is 32.6 Å². The molecule has 1 aliphatic heterocycles. The fourth-order valence-corrected chi connectivity index (χ4v) is 3.90. The number of carbonyl (C=O) groups excluding carboxylic acids is 2. The van der Waals surface area contributed by atoms with E-state index < -0.39 is 17.7 Å². The Morgan fingerprint density at radius 2 is 1.59 bits per heavy atom. The van der Waals surface area contributed by atoms with Gasteiger partial charge in [-0.2, -0.15) is 0 Å². The minimum absolute atomic E-state index is 0.215. The van der Waals surface area contributed by atoms with E-state index in [0.717, 1.165) is 37.2 Å². The van der Waals surface area contributed by atoms with Crippen molar-refractivity contribution in [2.24, 2.45) is 0 Å². The molecular weight excluding hydrogens is 364 g/mol. The molecule has 1 aromatic carbocycles. The minimum Gasteiger partial charge on any atom is -0.503 e. The summed E-state index contributed by atoms with van der Waals surface area (Å²) < 4.78 is 0. The maximum Gasteiger partial charge on any atom is 0.290 e. The van der Waals surface area contributed by atoms with E-state index in [-0.39, 0.29) is 11.4 Å². The van der Waals surface area contributed by atoms with Crippen LogP contribution in [0.3, 0.4) is 0 Å². The Kier molecular flexibility index (Phi) is 8.90. The van der Waals surface area contributed by atoms with E-state index in [9.17, 15) is 14.7 Å². The van der Waals surface area contributed by atoms with Crippen molar-refractivity contribution < 1.29 is 14.7 Å². The maximum atomic E-state index is 12.7. The highest BCUT2D eigenvalue weighted by Crippen LogP contribution is 2.37. The predicted octanol–water partition coefficient (Wildman–Crippen LogP) is 4.57. The van der Waals surface area contributed by atoms with Crippen molar-refractivity contribution in [3.63, 3.8) is 0 Å². The van der Waals surface area contributed by atoms with Crippen LogP contribution in [0.15, 0.2) is 35.6 Å². The molecule has 5 nitrogen and oxygen atoms in total. The number of rotatable bonds is 12. The lowest BCUT2D eigenvalue weighted by atomic mass is 9.96. The largest absolute Gasteiger partial charge is 0.503 e. The topological polar surface area (TPSA) is 60.9 Å². The number of aliphatic hydroxyl groups excluding tert-OH is 1. The Morgan fingerprint density at radius 3 is 2.10 bits per heavy atom. The molecule has 1 N–H and O–H groups in total. The second-order valence-electron chi connectivity index (χ2n) is 8.03. The van der Waals surface area contributed by atoms with Gasteiger partial charge in [0.05, 0.1) is 11.6 Å². The third-order valence-electron chi connectivity index (χ3n) is 5.61. The summed E-state index contributed by atoms with van der Waals surface area (Å²) in [6, 6.07) is 7.33. The first-order chi connectivity index (χ1) is 13.9. The van der Waals surface area contributed by atoms with E-state index in [4.69, 9.17) is 0 Å². The SMILES string of the molecule is CCCCN(CCCC)CCCN1C(=O)C(O)=C(C(C)=O)[C@@H]1c1ccc(C)cc1. The van der Waals surface area contributed by atoms with Crippen LogP contribution in [0.4, 0.5) is 0 Å². The van der Waals surface area contributed by atoms with Crippen molar-refractivity contribution in [1.82, 2.24) is 9.80 Å². The van der Waals surface area contributed by atoms with Gasteiger partial charge in [-0.15, -0.1) is 0 Å². The highest BCUT2D eigenvalue weighted by molar-refractivity contribution is 6.08. The van der Waals surface area contributed by atoms with Crippen LogP contribution in [0.2, 0.25) is 0 Å². The summed E-state index contributed by atoms with van der Waals surface area (Å²) in [5.41, 5.74) is 2.20. The third kappa shape index (κ3) is 5.92. The molecule has 1 amide bonds. The van der Waals surface area contributed by atoms with Crippen LogP contribution in [0, 0.1) is 6.92 Å². The van der Waals surface area contributed by atoms with Crippen molar-refractivity contribution >= 4 is 11.7 Å². The van der Waals surface area contributed by atoms with Gasteiger partial charge >= 0.3 is 0 Å². The van der Waals surface area contributed by atoms with Gasteiger partial charge < -0.3 is 14.9 Å². The fraction of sp³-hybridized carbons (Fsp3) is 0.583. The molecule has 5 heteroatoms. The van der Waals surface area contributed by atoms with Crippen LogP contribution in [-0.2, 0) is 9.59 Å². The van der Waals surface area contributed by atoms with E-state index in [1.807, 2.05) is 31.2 Å². The highest BCUT2D eigenvalue weighted by atomic mass is 16.3. The molecule has 29 heavy (non-hydrogen) atoms. The number of benzene rings is 1. The number of unbranched alkanes of at least 4 members (excludes halogenated alkanes) is 2. The second-order valence-corrected chi connectivity index (χ2v) is 8.03. The number of ketones is 1. The van der Waals surface area contributed by atoms with E-state index in [2.05, 4.69) is 18.7 Å². The average molecular weight is 401 g/mol. The first-order valence-electron chi connectivity index (χ1n) is 10.9. The third-order valence-corrected chi connectivity index (χ3v) is 5.61. The second kappa shape index (κ2) is 11.1. The lowest BCUT2D eigenvalue weighted by molar-refractivity contribution is -0.129. The predicted molar refractivity (Wildman–Crippen MR) is 117 cm³/mol. The number of aryl methyl sites for hydroxylation is 1. The lowest BCUT2D eigenvalue weighted by Crippen LogP contribution is -2.35. The van der Waals surface area contributed by atoms with Gasteiger partial charge in [0.1, 0.15) is 0 Å². The normalized spacial score (nSPS) is 16.9. The number of hydrogen-bond donors (Lipinski definition) is 1. The molecule has 0 spiro atoms. The van der Waals surface area contributed by atoms with E-state index >= 15 is 0 Å². The van der Waals surface area contributed by atoms with Crippen LogP contribution < -0.4 is 0 Å². The molecule has 0 aliphatic carbocycles. The number of Topliss-reactive ketones (excluding diaryl/α,β-unsaturated/α-hetero) is 1. The zero-order chi connectivity index (χ0) is 21.4. The summed E-state index contributed by atoms with van der Waals surface area (Å²) in [4.78, 5) is 29.1. The van der Waals surface area contributed by atoms with E-state index in [0.29, 0.717) is 6.54 Å². The molecule has 160 valence electrons. The standard InChI is InChI=1S/C24H36N2O3/c1-5-7-14-25(15-8-6-2)16-9-17-26-22(20-12-10-18(3)11-13-20)21(19(4)27)23(28)24(26)29/h10-13,22,28H,5-9,14-17H2,1-4H3/t22-/m0/s1. The van der Waals surface area contributed by atoms with E-state index in [1.54, 1.807) is 4.90 Å². The maximum absolute atomic E-state index is 12.7. The summed E-state index contributed by atoms with van der Waals surface area (Å²) in [5, 5.41) is 10.4. The number of carbonyl (C=O) groups is 2. The van der Waals surface area contributed by atoms with Crippen LogP contribution in [0.25, 0.3) is 0 Å². The highest BCUT2D eigenvalue weighted by Gasteiger charge is 2.41. The van der Waals surface area contributed by atoms with Gasteiger partial charge in [-0.1, -0.05) is 56.5 Å². The zero-order valence-electron chi connectivity index (χ0n) is 18.4. The van der Waals surface area contributed by atoms with Gasteiger partial charge in [0.25, 0.3) is 5.91 Å². The first kappa shape index (κ1) is 23.1. The smallest absolute Gasteiger partial charge is 0.290 e. The number of amides is 1. The van der Waals surface area contributed by atoms with Crippen molar-refractivity contribution in [3.05, 3.63) is 46.7 Å². The summed E-state index contributed by atoms with van der Waals surface area (Å²) in [6.45, 7) is 11.4. The molecular formula is C24H36N2O3. The number of hydrogen-bond acceptors (Lipinski definition) is 4. The van der Waals surface area contributed by atoms with Gasteiger partial charge in [-0.05, 0) is 58.3 Å². The van der Waals surface area contributed by atoms with Crippen LogP contribution in [0.5, 0.6) is 0 Å². The quantitative estimate of drug-likeness (QED) is 0.558. The molecule has 0 bridgehead atoms. The summed E-state index contributed by atoms with van der Waals surface area (Å²) >= 11 is 0. The van der Waals surface area contributed by atoms with Gasteiger partial charge in [0, 0.05) is 6.54 Å². The Balaban J connectivity index is 2.13. The summed E-state index contributed by atoms with van der Waals surface area (Å²) in [6.07, 6.45) is 5.51. The summed E-state index contributed by atoms with van der Waals surface area (Å²) in [7, 11) is 0. The van der Waals surface area contributed by atoms with Crippen molar-refractivity contribution in [2.75, 3.05) is 26.2 Å². The minimum atomic E-state index is -0.500. The Labute approximate surface area is 175 Å². The molecule has 0 saturated heterocycles. The molecule has 0 radical (unpaired) electrons. The van der Waals surface area contributed by atoms with Gasteiger partial charge in [0.15, 0.2) is 11.5 Å². The van der Waals surface area contributed by atoms with Crippen molar-refractivity contribution in [3.8, 4) is 0 Å². The van der Waals surface area contributed by atoms with Gasteiger partial charge in [-0.25, -0.2) is 0 Å². The molecule has 0 unspecified atom stereocenters. The van der Waals surface area contributed by atoms with Crippen LogP contribution >= 0.6 is 0 Å². The molecule has 1 heterocycles. The number of aliphatic hydroxyl groups is 1. The van der Waals surface area contributed by atoms with Gasteiger partial charge in [0.2, 0.25) is 0 Å². The molecule has 0 aromatic heterocycles. The molecule has 0 fully saturated rings. The first-order valence-corrected chi connectivity index (χ1v) is 10.9. The Bertz CT molecular complexity index is 716. The molecule has 2 rings (SSSR count). The molecule has 1 aromatic rings. The Hall–Kier alpha value is -2.14. The average Bonchev–Trinajstić information content (AvgIpc) is 2.95. The molecule has 1 atom stereocenters. The summed E-state index contributed by atoms with van der Waals surface area (Å²) in [5.74, 6) is -1.08. The zero-order valence-corrected chi connectivity index (χ0v) is 18.4. The lowest BCUT2D eigenvalue weighted by Gasteiger charge is -2.28. The van der Waals surface area contributed by atoms with Crippen molar-refractivity contribution in [1.29, 1.82) is 0 Å². The molecule has 1 aliphatic rings. The Morgan fingerprint density at radius 1 is 1.03 bits per heavy atom. The fourth-order valence-electron chi connectivity index (χ4n) is 3.90. The van der Waals surface area contributed by atoms with Crippen LogP contribution in [0.1, 0.15) is 70.0 Å². The monoisotopic (exact) mass is 400 g/mol. The van der Waals surface area contributed by atoms with Crippen molar-refractivity contribution in [2.45, 2.75) is 65.8 Å². The van der Waals surface area contributed by atoms with Crippen LogP contribution in [-0.4, -0.2) is 52.8 Å².